The molecule has 1 fully saturated rings. The Morgan fingerprint density at radius 2 is 1.73 bits per heavy atom. The van der Waals surface area contributed by atoms with Crippen LogP contribution in [0.5, 0.6) is 5.75 Å². The molecule has 0 bridgehead atoms. The average molecular weight is 544 g/mol. The minimum absolute atomic E-state index is 0.272. The number of carbonyl (C=O) groups is 1. The van der Waals surface area contributed by atoms with Crippen molar-refractivity contribution in [2.24, 2.45) is 0 Å². The van der Waals surface area contributed by atoms with Gasteiger partial charge in [0.05, 0.1) is 24.4 Å². The molecule has 4 aromatic rings. The number of benzene rings is 2. The van der Waals surface area contributed by atoms with Gasteiger partial charge in [0.2, 0.25) is 0 Å². The first-order chi connectivity index (χ1) is 19.2. The molecule has 1 aliphatic rings. The summed E-state index contributed by atoms with van der Waals surface area (Å²) in [5, 5.41) is 14.0. The fraction of sp³-hybridized carbons (Fsp3) is 0.310. The molecule has 0 atom stereocenters. The predicted molar refractivity (Wildman–Crippen MR) is 156 cm³/mol. The van der Waals surface area contributed by atoms with Gasteiger partial charge < -0.3 is 29.9 Å². The van der Waals surface area contributed by atoms with E-state index in [0.29, 0.717) is 46.9 Å². The van der Waals surface area contributed by atoms with Gasteiger partial charge in [-0.25, -0.2) is 14.9 Å². The number of methoxy groups -OCH3 is 1. The second kappa shape index (κ2) is 11.1. The van der Waals surface area contributed by atoms with Crippen molar-refractivity contribution >= 4 is 45.6 Å². The van der Waals surface area contributed by atoms with E-state index in [4.69, 9.17) is 14.5 Å². The molecule has 3 N–H and O–H groups in total. The van der Waals surface area contributed by atoms with E-state index >= 15 is 0 Å². The molecule has 0 aliphatic carbocycles. The number of nitrogens with one attached hydrogen (secondary N) is 3. The summed E-state index contributed by atoms with van der Waals surface area (Å²) in [6.07, 6.45) is 1.32. The van der Waals surface area contributed by atoms with Gasteiger partial charge in [0.15, 0.2) is 0 Å². The molecule has 3 heterocycles. The number of para-hydroxylation sites is 2. The van der Waals surface area contributed by atoms with Crippen LogP contribution in [0.15, 0.2) is 65.6 Å². The van der Waals surface area contributed by atoms with E-state index in [-0.39, 0.29) is 11.7 Å². The zero-order valence-corrected chi connectivity index (χ0v) is 23.0. The Bertz CT molecular complexity index is 1560. The van der Waals surface area contributed by atoms with Crippen LogP contribution in [-0.4, -0.2) is 65.1 Å². The summed E-state index contributed by atoms with van der Waals surface area (Å²) in [4.78, 5) is 33.7. The molecule has 0 spiro atoms. The van der Waals surface area contributed by atoms with Crippen molar-refractivity contribution in [1.82, 2.24) is 20.1 Å². The number of piperazine rings is 1. The lowest BCUT2D eigenvalue weighted by Crippen LogP contribution is -2.50. The van der Waals surface area contributed by atoms with Crippen LogP contribution in [0.1, 0.15) is 20.8 Å². The van der Waals surface area contributed by atoms with E-state index in [0.717, 1.165) is 24.5 Å². The highest BCUT2D eigenvalue weighted by Gasteiger charge is 2.26. The molecule has 208 valence electrons. The first-order valence-electron chi connectivity index (χ1n) is 13.1. The maximum atomic E-state index is 12.6. The molecule has 2 aromatic heterocycles. The molecule has 1 amide bonds. The number of rotatable bonds is 6. The molecule has 2 aromatic carbocycles. The summed E-state index contributed by atoms with van der Waals surface area (Å²) < 4.78 is 10.9. The van der Waals surface area contributed by atoms with Crippen molar-refractivity contribution in [1.29, 1.82) is 0 Å². The average Bonchev–Trinajstić information content (AvgIpc) is 2.93. The molecule has 1 saturated heterocycles. The molecule has 5 rings (SSSR count). The number of hydrogen-bond donors (Lipinski definition) is 3. The maximum absolute atomic E-state index is 12.6. The van der Waals surface area contributed by atoms with Crippen LogP contribution >= 0.6 is 0 Å². The molecule has 1 aliphatic heterocycles. The molecule has 0 unspecified atom stereocenters. The van der Waals surface area contributed by atoms with Gasteiger partial charge in [0.25, 0.3) is 5.56 Å². The molecule has 40 heavy (non-hydrogen) atoms. The maximum Gasteiger partial charge on any atom is 0.410 e. The smallest absolute Gasteiger partial charge is 0.410 e. The number of anilines is 5. The molecular formula is C29H33N7O4. The van der Waals surface area contributed by atoms with Crippen molar-refractivity contribution in [2.45, 2.75) is 26.4 Å². The number of hydrogen-bond acceptors (Lipinski definition) is 9. The summed E-state index contributed by atoms with van der Waals surface area (Å²) in [5.74, 6) is 1.56. The Hall–Kier alpha value is -4.80. The molecule has 11 heteroatoms. The second-order valence-corrected chi connectivity index (χ2v) is 10.5. The molecule has 11 nitrogen and oxygen atoms in total. The minimum Gasteiger partial charge on any atom is -0.495 e. The van der Waals surface area contributed by atoms with Crippen LogP contribution in [0.4, 0.5) is 33.5 Å². The van der Waals surface area contributed by atoms with Gasteiger partial charge in [-0.3, -0.25) is 4.79 Å². The lowest BCUT2D eigenvalue weighted by Gasteiger charge is -2.36. The van der Waals surface area contributed by atoms with E-state index in [1.54, 1.807) is 24.3 Å². The molecule has 0 radical (unpaired) electrons. The van der Waals surface area contributed by atoms with Crippen LogP contribution in [0.25, 0.3) is 10.8 Å². The minimum atomic E-state index is -0.506. The Morgan fingerprint density at radius 1 is 1.00 bits per heavy atom. The SMILES string of the molecule is COc1ccccc1Nc1nc(Nc2ccc(N3CCN(C(=O)OC(C)(C)C)CC3)cc2)cc2cn[nH]c(=O)c12. The van der Waals surface area contributed by atoms with Crippen LogP contribution in [0.2, 0.25) is 0 Å². The number of amides is 1. The number of aromatic amines is 1. The van der Waals surface area contributed by atoms with Crippen LogP contribution in [0, 0.1) is 0 Å². The first-order valence-corrected chi connectivity index (χ1v) is 13.1. The van der Waals surface area contributed by atoms with Gasteiger partial charge in [-0.15, -0.1) is 0 Å². The number of H-pyrrole nitrogens is 1. The summed E-state index contributed by atoms with van der Waals surface area (Å²) in [7, 11) is 1.59. The highest BCUT2D eigenvalue weighted by atomic mass is 16.6. The van der Waals surface area contributed by atoms with Crippen molar-refractivity contribution in [3.63, 3.8) is 0 Å². The summed E-state index contributed by atoms with van der Waals surface area (Å²) >= 11 is 0. The van der Waals surface area contributed by atoms with E-state index in [1.807, 2.05) is 69.3 Å². The zero-order chi connectivity index (χ0) is 28.3. The van der Waals surface area contributed by atoms with Gasteiger partial charge >= 0.3 is 6.09 Å². The van der Waals surface area contributed by atoms with E-state index in [2.05, 4.69) is 25.7 Å². The van der Waals surface area contributed by atoms with Crippen molar-refractivity contribution in [3.05, 3.63) is 71.1 Å². The number of carbonyl (C=O) groups excluding carboxylic acids is 1. The van der Waals surface area contributed by atoms with Crippen molar-refractivity contribution in [3.8, 4) is 5.75 Å². The number of ether oxygens (including phenoxy) is 2. The first kappa shape index (κ1) is 26.8. The van der Waals surface area contributed by atoms with Gasteiger partial charge in [-0.2, -0.15) is 5.10 Å². The number of fused-ring (bicyclic) bond motifs is 1. The normalized spacial score (nSPS) is 13.7. The number of pyridine rings is 1. The van der Waals surface area contributed by atoms with Crippen LogP contribution in [-0.2, 0) is 4.74 Å². The van der Waals surface area contributed by atoms with Crippen molar-refractivity contribution < 1.29 is 14.3 Å². The monoisotopic (exact) mass is 543 g/mol. The highest BCUT2D eigenvalue weighted by molar-refractivity contribution is 5.94. The second-order valence-electron chi connectivity index (χ2n) is 10.5. The highest BCUT2D eigenvalue weighted by Crippen LogP contribution is 2.31. The Morgan fingerprint density at radius 3 is 2.42 bits per heavy atom. The van der Waals surface area contributed by atoms with Gasteiger partial charge in [-0.1, -0.05) is 12.1 Å². The Kier molecular flexibility index (Phi) is 7.45. The largest absolute Gasteiger partial charge is 0.495 e. The lowest BCUT2D eigenvalue weighted by molar-refractivity contribution is 0.0240. The summed E-state index contributed by atoms with van der Waals surface area (Å²) in [5.41, 5.74) is 1.74. The lowest BCUT2D eigenvalue weighted by atomic mass is 10.2. The fourth-order valence-corrected chi connectivity index (χ4v) is 4.53. The third-order valence-corrected chi connectivity index (χ3v) is 6.44. The molecular weight excluding hydrogens is 510 g/mol. The summed E-state index contributed by atoms with van der Waals surface area (Å²) in [6, 6.07) is 17.2. The van der Waals surface area contributed by atoms with Crippen LogP contribution < -0.4 is 25.8 Å². The number of nitrogens with zero attached hydrogens (tertiary/aromatic N) is 4. The standard InChI is InChI=1S/C29H33N7O4/c1-29(2,3)40-28(38)36-15-13-35(14-16-36)21-11-9-20(10-12-21)31-24-17-19-18-30-34-27(37)25(19)26(33-24)32-22-7-5-6-8-23(22)39-4/h5-12,17-18H,13-16H2,1-4H3,(H,34,37)(H2,31,32,33). The van der Waals surface area contributed by atoms with Gasteiger partial charge in [-0.05, 0) is 63.2 Å². The third kappa shape index (κ3) is 6.09. The van der Waals surface area contributed by atoms with E-state index < -0.39 is 5.60 Å². The van der Waals surface area contributed by atoms with E-state index in [1.165, 1.54) is 0 Å². The fourth-order valence-electron chi connectivity index (χ4n) is 4.53. The number of aromatic nitrogens is 3. The van der Waals surface area contributed by atoms with Crippen LogP contribution in [0.3, 0.4) is 0 Å². The third-order valence-electron chi connectivity index (χ3n) is 6.44. The van der Waals surface area contributed by atoms with Gasteiger partial charge in [0.1, 0.15) is 23.0 Å². The quantitative estimate of drug-likeness (QED) is 0.312. The predicted octanol–water partition coefficient (Wildman–Crippen LogP) is 4.87. The molecule has 0 saturated carbocycles. The Balaban J connectivity index is 1.31. The Labute approximate surface area is 232 Å². The topological polar surface area (TPSA) is 125 Å². The summed E-state index contributed by atoms with van der Waals surface area (Å²) in [6.45, 7) is 8.27. The van der Waals surface area contributed by atoms with E-state index in [9.17, 15) is 9.59 Å². The zero-order valence-electron chi connectivity index (χ0n) is 23.0. The van der Waals surface area contributed by atoms with Gasteiger partial charge in [0, 0.05) is 42.9 Å². The van der Waals surface area contributed by atoms with Crippen molar-refractivity contribution in [2.75, 3.05) is 48.8 Å².